The van der Waals surface area contributed by atoms with Gasteiger partial charge in [-0.05, 0) is 102 Å². The number of hydrogen-bond acceptors (Lipinski definition) is 1. The summed E-state index contributed by atoms with van der Waals surface area (Å²) in [5, 5.41) is 5.53. The van der Waals surface area contributed by atoms with Crippen LogP contribution in [0.5, 0.6) is 0 Å². The largest absolute Gasteiger partial charge is 0.344 e. The summed E-state index contributed by atoms with van der Waals surface area (Å²) in [5.41, 5.74) is 11.5. The molecule has 76 heavy (non-hydrogen) atoms. The van der Waals surface area contributed by atoms with Crippen molar-refractivity contribution in [3.63, 3.8) is 0 Å². The molecule has 4 aromatic carbocycles. The third-order valence-electron chi connectivity index (χ3n) is 18.2. The molecule has 2 nitrogen and oxygen atoms in total. The fourth-order valence-electron chi connectivity index (χ4n) is 13.7. The molecule has 4 aromatic rings. The van der Waals surface area contributed by atoms with Gasteiger partial charge < -0.3 is 4.90 Å². The van der Waals surface area contributed by atoms with Crippen LogP contribution in [0.15, 0.2) is 120 Å². The maximum atomic E-state index is 2.71. The van der Waals surface area contributed by atoms with Gasteiger partial charge in [-0.15, -0.1) is 0 Å². The van der Waals surface area contributed by atoms with E-state index in [0.717, 1.165) is 25.9 Å². The molecular formula is C74H109N2+. The molecule has 0 radical (unpaired) electrons. The zero-order chi connectivity index (χ0) is 53.3. The lowest BCUT2D eigenvalue weighted by Crippen LogP contribution is -2.28. The van der Waals surface area contributed by atoms with Gasteiger partial charge in [-0.25, -0.2) is 0 Å². The van der Waals surface area contributed by atoms with Gasteiger partial charge in [0, 0.05) is 47.5 Å². The van der Waals surface area contributed by atoms with Gasteiger partial charge in [0.1, 0.15) is 6.54 Å². The van der Waals surface area contributed by atoms with Crippen molar-refractivity contribution in [2.24, 2.45) is 0 Å². The number of fused-ring (bicyclic) bond motifs is 6. The number of anilines is 1. The normalized spacial score (nSPS) is 17.1. The Morgan fingerprint density at radius 3 is 1.43 bits per heavy atom. The molecule has 2 aliphatic heterocycles. The van der Waals surface area contributed by atoms with E-state index in [1.807, 2.05) is 0 Å². The maximum absolute atomic E-state index is 2.71. The van der Waals surface area contributed by atoms with Gasteiger partial charge >= 0.3 is 0 Å². The minimum Gasteiger partial charge on any atom is -0.344 e. The zero-order valence-electron chi connectivity index (χ0n) is 49.9. The quantitative estimate of drug-likeness (QED) is 0.0322. The molecule has 0 amide bonds. The molecule has 7 rings (SSSR count). The van der Waals surface area contributed by atoms with Crippen LogP contribution in [-0.2, 0) is 10.8 Å². The predicted molar refractivity (Wildman–Crippen MR) is 337 cm³/mol. The van der Waals surface area contributed by atoms with Crippen LogP contribution in [0.1, 0.15) is 277 Å². The number of hydrogen-bond donors (Lipinski definition) is 0. The van der Waals surface area contributed by atoms with E-state index in [4.69, 9.17) is 0 Å². The molecule has 414 valence electrons. The number of unbranched alkanes of at least 4 members (excludes halogenated alkanes) is 30. The van der Waals surface area contributed by atoms with E-state index in [1.165, 1.54) is 278 Å². The fraction of sp³-hybridized carbons (Fsp3) is 0.608. The highest BCUT2D eigenvalue weighted by atomic mass is 15.2. The highest BCUT2D eigenvalue weighted by Gasteiger charge is 2.45. The maximum Gasteiger partial charge on any atom is 0.210 e. The fourth-order valence-corrected chi connectivity index (χ4v) is 13.7. The van der Waals surface area contributed by atoms with Gasteiger partial charge in [0.05, 0.1) is 5.41 Å². The molecule has 0 unspecified atom stereocenters. The Labute approximate surface area is 467 Å². The summed E-state index contributed by atoms with van der Waals surface area (Å²) < 4.78 is 2.71. The van der Waals surface area contributed by atoms with Crippen LogP contribution in [0, 0.1) is 0 Å². The molecule has 2 heteroatoms. The van der Waals surface area contributed by atoms with Crippen LogP contribution >= 0.6 is 0 Å². The second-order valence-corrected chi connectivity index (χ2v) is 25.1. The molecule has 3 aliphatic rings. The standard InChI is InChI=1S/C74H109N2/c1-7-9-11-13-15-17-19-21-23-25-27-29-31-33-35-41-58-75-67-54-52-63-46-37-39-48-65(63)71(67)73(3,4)69(75)56-50-61-44-43-45-62(60-61)51-57-70-74(5,6)72-66-49-40-38-47-64(66)53-55-68(72)76(70)59-42-36-34-32-30-28-26-24-22-20-18-16-14-12-10-8-2/h37-40,46-57,60H,7-36,41-45,58-59H2,1-6H3/q+1. The smallest absolute Gasteiger partial charge is 0.210 e. The number of rotatable bonds is 37. The first-order valence-corrected chi connectivity index (χ1v) is 32.5. The van der Waals surface area contributed by atoms with Crippen LogP contribution in [0.2, 0.25) is 0 Å². The zero-order valence-corrected chi connectivity index (χ0v) is 49.9. The molecule has 1 aliphatic carbocycles. The van der Waals surface area contributed by atoms with Crippen LogP contribution < -0.4 is 4.90 Å². The average molecular weight is 1030 g/mol. The van der Waals surface area contributed by atoms with Gasteiger partial charge in [0.25, 0.3) is 0 Å². The highest BCUT2D eigenvalue weighted by Crippen LogP contribution is 2.51. The molecule has 0 N–H and O–H groups in total. The van der Waals surface area contributed by atoms with E-state index in [9.17, 15) is 0 Å². The first kappa shape index (κ1) is 59.5. The Morgan fingerprint density at radius 2 is 0.908 bits per heavy atom. The van der Waals surface area contributed by atoms with Gasteiger partial charge in [0.15, 0.2) is 5.71 Å². The lowest BCUT2D eigenvalue weighted by Gasteiger charge is -2.27. The number of benzene rings is 4. The second-order valence-electron chi connectivity index (χ2n) is 25.1. The van der Waals surface area contributed by atoms with E-state index in [1.54, 1.807) is 0 Å². The highest BCUT2D eigenvalue weighted by molar-refractivity contribution is 6.07. The Kier molecular flexibility index (Phi) is 25.1. The lowest BCUT2D eigenvalue weighted by molar-refractivity contribution is -0.438. The van der Waals surface area contributed by atoms with Crippen molar-refractivity contribution in [1.29, 1.82) is 0 Å². The van der Waals surface area contributed by atoms with Crippen molar-refractivity contribution >= 4 is 38.6 Å². The third kappa shape index (κ3) is 16.9. The Bertz CT molecular complexity index is 2520. The van der Waals surface area contributed by atoms with E-state index < -0.39 is 0 Å². The molecule has 0 aromatic heterocycles. The summed E-state index contributed by atoms with van der Waals surface area (Å²) in [6.45, 7) is 16.7. The number of allylic oxidation sites excluding steroid dienone is 8. The first-order valence-electron chi connectivity index (χ1n) is 32.5. The molecule has 0 atom stereocenters. The molecule has 0 fully saturated rings. The Hall–Kier alpha value is -4.17. The molecule has 2 heterocycles. The van der Waals surface area contributed by atoms with E-state index in [0.29, 0.717) is 0 Å². The summed E-state index contributed by atoms with van der Waals surface area (Å²) in [6, 6.07) is 27.7. The molecule has 0 bridgehead atoms. The summed E-state index contributed by atoms with van der Waals surface area (Å²) in [5.74, 6) is 0. The van der Waals surface area contributed by atoms with Gasteiger partial charge in [-0.2, -0.15) is 4.58 Å². The SMILES string of the molecule is CCCCCCCCCCCCCCCCCCN1/C(=C/C=C2C=C(/C=C/C3=[N+](CCCCCCCCCCCCCCCCCC)c4ccc5ccccc5c4C3(C)C)CCC/2)C(C)(C)c2c1ccc1ccccc21. The third-order valence-corrected chi connectivity index (χ3v) is 18.2. The summed E-state index contributed by atoms with van der Waals surface area (Å²) >= 11 is 0. The van der Waals surface area contributed by atoms with Crippen molar-refractivity contribution in [1.82, 2.24) is 0 Å². The second kappa shape index (κ2) is 32.0. The summed E-state index contributed by atoms with van der Waals surface area (Å²) in [4.78, 5) is 2.71. The van der Waals surface area contributed by atoms with Crippen LogP contribution in [0.4, 0.5) is 11.4 Å². The Morgan fingerprint density at radius 1 is 0.447 bits per heavy atom. The van der Waals surface area contributed by atoms with Crippen molar-refractivity contribution in [3.8, 4) is 0 Å². The molecule has 0 saturated carbocycles. The van der Waals surface area contributed by atoms with E-state index in [-0.39, 0.29) is 10.8 Å². The minimum absolute atomic E-state index is 0.0802. The summed E-state index contributed by atoms with van der Waals surface area (Å²) in [7, 11) is 0. The van der Waals surface area contributed by atoms with Gasteiger partial charge in [-0.3, -0.25) is 0 Å². The van der Waals surface area contributed by atoms with E-state index >= 15 is 0 Å². The summed E-state index contributed by atoms with van der Waals surface area (Å²) in [6.07, 6.45) is 61.0. The van der Waals surface area contributed by atoms with Crippen molar-refractivity contribution in [3.05, 3.63) is 131 Å². The van der Waals surface area contributed by atoms with Crippen molar-refractivity contribution in [2.45, 2.75) is 277 Å². The molecule has 0 spiro atoms. The predicted octanol–water partition coefficient (Wildman–Crippen LogP) is 23.2. The minimum atomic E-state index is -0.0802. The van der Waals surface area contributed by atoms with E-state index in [2.05, 4.69) is 154 Å². The average Bonchev–Trinajstić information content (AvgIpc) is 3.87. The monoisotopic (exact) mass is 1030 g/mol. The van der Waals surface area contributed by atoms with Crippen LogP contribution in [0.3, 0.4) is 0 Å². The molecular weight excluding hydrogens is 917 g/mol. The van der Waals surface area contributed by atoms with Crippen molar-refractivity contribution < 1.29 is 4.58 Å². The topological polar surface area (TPSA) is 6.25 Å². The molecule has 0 saturated heterocycles. The first-order chi connectivity index (χ1) is 37.3. The van der Waals surface area contributed by atoms with Crippen LogP contribution in [0.25, 0.3) is 21.5 Å². The van der Waals surface area contributed by atoms with Crippen LogP contribution in [-0.4, -0.2) is 23.4 Å². The Balaban J connectivity index is 0.966. The lowest BCUT2D eigenvalue weighted by atomic mass is 9.79. The number of nitrogens with zero attached hydrogens (tertiary/aromatic N) is 2. The van der Waals surface area contributed by atoms with Gasteiger partial charge in [-0.1, -0.05) is 287 Å². The van der Waals surface area contributed by atoms with Crippen molar-refractivity contribution in [2.75, 3.05) is 18.0 Å². The van der Waals surface area contributed by atoms with Gasteiger partial charge in [0.2, 0.25) is 5.69 Å².